The van der Waals surface area contributed by atoms with Crippen LogP contribution >= 0.6 is 0 Å². The molecule has 0 aliphatic rings. The molecule has 120 valence electrons. The molecule has 5 nitrogen and oxygen atoms in total. The minimum absolute atomic E-state index is 0.199. The zero-order valence-corrected chi connectivity index (χ0v) is 14.3. The third kappa shape index (κ3) is 4.56. The third-order valence-corrected chi connectivity index (χ3v) is 3.45. The molecule has 0 saturated carbocycles. The summed E-state index contributed by atoms with van der Waals surface area (Å²) in [4.78, 5) is 11.7. The molecule has 0 saturated heterocycles. The standard InChI is InChI=1S/C16H30N4O/c1-7-17-15-13(6)16(19-14(18-15)11(2)3)20(12(4)5)9-8-10-21/h11-12,21H,7-10H2,1-6H3,(H,17,18,19). The van der Waals surface area contributed by atoms with Crippen molar-refractivity contribution >= 4 is 11.6 Å². The van der Waals surface area contributed by atoms with E-state index in [-0.39, 0.29) is 12.5 Å². The Morgan fingerprint density at radius 3 is 2.33 bits per heavy atom. The number of aromatic nitrogens is 2. The molecule has 0 aromatic carbocycles. The van der Waals surface area contributed by atoms with Crippen molar-refractivity contribution in [1.82, 2.24) is 9.97 Å². The Morgan fingerprint density at radius 1 is 1.19 bits per heavy atom. The van der Waals surface area contributed by atoms with E-state index < -0.39 is 0 Å². The van der Waals surface area contributed by atoms with Gasteiger partial charge >= 0.3 is 0 Å². The van der Waals surface area contributed by atoms with Crippen molar-refractivity contribution < 1.29 is 5.11 Å². The third-order valence-electron chi connectivity index (χ3n) is 3.45. The second-order valence-electron chi connectivity index (χ2n) is 5.93. The maximum atomic E-state index is 9.12. The molecule has 0 radical (unpaired) electrons. The highest BCUT2D eigenvalue weighted by Gasteiger charge is 2.19. The van der Waals surface area contributed by atoms with Gasteiger partial charge in [-0.3, -0.25) is 0 Å². The number of aliphatic hydroxyl groups is 1. The van der Waals surface area contributed by atoms with Crippen LogP contribution in [0, 0.1) is 6.92 Å². The predicted molar refractivity (Wildman–Crippen MR) is 89.2 cm³/mol. The lowest BCUT2D eigenvalue weighted by atomic mass is 10.1. The molecule has 5 heteroatoms. The zero-order valence-electron chi connectivity index (χ0n) is 14.3. The average molecular weight is 294 g/mol. The fourth-order valence-electron chi connectivity index (χ4n) is 2.25. The Morgan fingerprint density at radius 2 is 1.86 bits per heavy atom. The Hall–Kier alpha value is -1.36. The average Bonchev–Trinajstić information content (AvgIpc) is 2.42. The van der Waals surface area contributed by atoms with E-state index in [4.69, 9.17) is 10.1 Å². The van der Waals surface area contributed by atoms with Crippen molar-refractivity contribution in [3.63, 3.8) is 0 Å². The highest BCUT2D eigenvalue weighted by atomic mass is 16.3. The van der Waals surface area contributed by atoms with E-state index in [1.165, 1.54) is 0 Å². The molecule has 0 atom stereocenters. The molecule has 1 aromatic rings. The van der Waals surface area contributed by atoms with Crippen molar-refractivity contribution in [2.75, 3.05) is 29.9 Å². The number of nitrogens with one attached hydrogen (secondary N) is 1. The summed E-state index contributed by atoms with van der Waals surface area (Å²) in [5.41, 5.74) is 1.08. The van der Waals surface area contributed by atoms with E-state index >= 15 is 0 Å². The first kappa shape index (κ1) is 17.7. The van der Waals surface area contributed by atoms with Crippen LogP contribution in [0.25, 0.3) is 0 Å². The quantitative estimate of drug-likeness (QED) is 0.772. The van der Waals surface area contributed by atoms with Crippen LogP contribution in [0.15, 0.2) is 0 Å². The molecule has 1 rings (SSSR count). The van der Waals surface area contributed by atoms with Gasteiger partial charge in [0, 0.05) is 37.2 Å². The van der Waals surface area contributed by atoms with Crippen LogP contribution in [0.3, 0.4) is 0 Å². The van der Waals surface area contributed by atoms with E-state index in [1.54, 1.807) is 0 Å². The normalized spacial score (nSPS) is 11.3. The van der Waals surface area contributed by atoms with E-state index in [0.717, 1.165) is 42.5 Å². The number of hydrogen-bond donors (Lipinski definition) is 2. The maximum Gasteiger partial charge on any atom is 0.137 e. The number of hydrogen-bond acceptors (Lipinski definition) is 5. The van der Waals surface area contributed by atoms with Crippen molar-refractivity contribution in [1.29, 1.82) is 0 Å². The van der Waals surface area contributed by atoms with Gasteiger partial charge in [0.15, 0.2) is 0 Å². The molecule has 0 aliphatic heterocycles. The highest BCUT2D eigenvalue weighted by molar-refractivity contribution is 5.59. The Labute approximate surface area is 128 Å². The first-order valence-corrected chi connectivity index (χ1v) is 7.92. The second-order valence-corrected chi connectivity index (χ2v) is 5.93. The van der Waals surface area contributed by atoms with Crippen molar-refractivity contribution in [3.05, 3.63) is 11.4 Å². The minimum atomic E-state index is 0.199. The van der Waals surface area contributed by atoms with Crippen molar-refractivity contribution in [2.24, 2.45) is 0 Å². The van der Waals surface area contributed by atoms with E-state index in [2.05, 4.69) is 56.7 Å². The number of aliphatic hydroxyl groups excluding tert-OH is 1. The van der Waals surface area contributed by atoms with Crippen LogP contribution in [0.1, 0.15) is 58.3 Å². The highest BCUT2D eigenvalue weighted by Crippen LogP contribution is 2.27. The summed E-state index contributed by atoms with van der Waals surface area (Å²) in [6.07, 6.45) is 0.745. The molecule has 0 amide bonds. The summed E-state index contributed by atoms with van der Waals surface area (Å²) in [5, 5.41) is 12.5. The lowest BCUT2D eigenvalue weighted by molar-refractivity contribution is 0.288. The summed E-state index contributed by atoms with van der Waals surface area (Å²) >= 11 is 0. The van der Waals surface area contributed by atoms with Gasteiger partial charge in [-0.05, 0) is 34.1 Å². The van der Waals surface area contributed by atoms with Gasteiger partial charge in [0.2, 0.25) is 0 Å². The van der Waals surface area contributed by atoms with Gasteiger partial charge in [0.1, 0.15) is 17.5 Å². The lowest BCUT2D eigenvalue weighted by Crippen LogP contribution is -2.34. The molecule has 1 aromatic heterocycles. The van der Waals surface area contributed by atoms with Gasteiger partial charge in [-0.1, -0.05) is 13.8 Å². The fraction of sp³-hybridized carbons (Fsp3) is 0.750. The molecule has 0 aliphatic carbocycles. The van der Waals surface area contributed by atoms with E-state index in [0.29, 0.717) is 6.04 Å². The SMILES string of the molecule is CCNc1nc(C(C)C)nc(N(CCCO)C(C)C)c1C. The Balaban J connectivity index is 3.28. The van der Waals surface area contributed by atoms with E-state index in [9.17, 15) is 0 Å². The van der Waals surface area contributed by atoms with Crippen LogP contribution in [0.4, 0.5) is 11.6 Å². The molecule has 0 spiro atoms. The molecule has 1 heterocycles. The van der Waals surface area contributed by atoms with Gasteiger partial charge < -0.3 is 15.3 Å². The first-order chi connectivity index (χ1) is 9.92. The number of nitrogens with zero attached hydrogens (tertiary/aromatic N) is 3. The van der Waals surface area contributed by atoms with Gasteiger partial charge in [0.25, 0.3) is 0 Å². The maximum absolute atomic E-state index is 9.12. The molecule has 0 bridgehead atoms. The molecule has 0 unspecified atom stereocenters. The largest absolute Gasteiger partial charge is 0.396 e. The topological polar surface area (TPSA) is 61.3 Å². The van der Waals surface area contributed by atoms with Gasteiger partial charge in [-0.15, -0.1) is 0 Å². The first-order valence-electron chi connectivity index (χ1n) is 7.92. The van der Waals surface area contributed by atoms with Crippen molar-refractivity contribution in [3.8, 4) is 0 Å². The van der Waals surface area contributed by atoms with Gasteiger partial charge in [-0.25, -0.2) is 9.97 Å². The molecule has 0 fully saturated rings. The van der Waals surface area contributed by atoms with Crippen LogP contribution in [-0.2, 0) is 0 Å². The summed E-state index contributed by atoms with van der Waals surface area (Å²) in [6.45, 7) is 14.5. The zero-order chi connectivity index (χ0) is 16.0. The number of rotatable bonds is 8. The monoisotopic (exact) mass is 294 g/mol. The van der Waals surface area contributed by atoms with Gasteiger partial charge in [0.05, 0.1) is 0 Å². The van der Waals surface area contributed by atoms with Crippen molar-refractivity contribution in [2.45, 2.75) is 59.9 Å². The lowest BCUT2D eigenvalue weighted by Gasteiger charge is -2.30. The molecule has 2 N–H and O–H groups in total. The molecular formula is C16H30N4O. The Bertz CT molecular complexity index is 446. The van der Waals surface area contributed by atoms with E-state index in [1.807, 2.05) is 0 Å². The summed E-state index contributed by atoms with van der Waals surface area (Å²) < 4.78 is 0. The summed E-state index contributed by atoms with van der Waals surface area (Å²) in [7, 11) is 0. The fourth-order valence-corrected chi connectivity index (χ4v) is 2.25. The number of anilines is 2. The smallest absolute Gasteiger partial charge is 0.137 e. The molecule has 21 heavy (non-hydrogen) atoms. The van der Waals surface area contributed by atoms with Crippen LogP contribution in [0.5, 0.6) is 0 Å². The van der Waals surface area contributed by atoms with Crippen LogP contribution < -0.4 is 10.2 Å². The predicted octanol–water partition coefficient (Wildman–Crippen LogP) is 2.94. The second kappa shape index (κ2) is 8.17. The van der Waals surface area contributed by atoms with Crippen LogP contribution in [0.2, 0.25) is 0 Å². The molecular weight excluding hydrogens is 264 g/mol. The minimum Gasteiger partial charge on any atom is -0.396 e. The van der Waals surface area contributed by atoms with Crippen LogP contribution in [-0.4, -0.2) is 40.8 Å². The summed E-state index contributed by atoms with van der Waals surface area (Å²) in [6, 6.07) is 0.333. The Kier molecular flexibility index (Phi) is 6.89. The summed E-state index contributed by atoms with van der Waals surface area (Å²) in [5.74, 6) is 3.05. The van der Waals surface area contributed by atoms with Gasteiger partial charge in [-0.2, -0.15) is 0 Å².